The topological polar surface area (TPSA) is 58.6 Å². The summed E-state index contributed by atoms with van der Waals surface area (Å²) in [6.45, 7) is 0.485. The number of nitrogens with one attached hydrogen (secondary N) is 1. The molecule has 0 spiro atoms. The summed E-state index contributed by atoms with van der Waals surface area (Å²) in [5.41, 5.74) is 0.886. The number of methoxy groups -OCH3 is 1. The van der Waals surface area contributed by atoms with Crippen molar-refractivity contribution in [3.8, 4) is 5.75 Å². The first kappa shape index (κ1) is 15.2. The third-order valence-corrected chi connectivity index (χ3v) is 4.32. The lowest BCUT2D eigenvalue weighted by atomic mass is 10.2. The van der Waals surface area contributed by atoms with E-state index < -0.39 is 0 Å². The van der Waals surface area contributed by atoms with Gasteiger partial charge in [-0.1, -0.05) is 15.9 Å². The number of hydrogen-bond acceptors (Lipinski definition) is 4. The van der Waals surface area contributed by atoms with E-state index in [1.54, 1.807) is 12.0 Å². The lowest BCUT2D eigenvalue weighted by Crippen LogP contribution is -2.37. The summed E-state index contributed by atoms with van der Waals surface area (Å²) < 4.78 is 6.17. The highest BCUT2D eigenvalue weighted by Crippen LogP contribution is 2.22. The Morgan fingerprint density at radius 1 is 1.55 bits per heavy atom. The molecule has 20 heavy (non-hydrogen) atoms. The van der Waals surface area contributed by atoms with Crippen LogP contribution in [-0.2, 0) is 16.1 Å². The number of nitrogens with zero attached hydrogens (tertiary/aromatic N) is 1. The molecule has 1 aliphatic heterocycles. The molecule has 0 radical (unpaired) electrons. The van der Waals surface area contributed by atoms with Gasteiger partial charge in [0.2, 0.25) is 11.8 Å². The number of carbonyl (C=O) groups excluding carboxylic acids is 2. The summed E-state index contributed by atoms with van der Waals surface area (Å²) in [6.07, 6.45) is 0. The maximum Gasteiger partial charge on any atom is 0.239 e. The molecule has 0 atom stereocenters. The minimum absolute atomic E-state index is 0.0187. The highest BCUT2D eigenvalue weighted by molar-refractivity contribution is 9.10. The summed E-state index contributed by atoms with van der Waals surface area (Å²) in [5, 5.41) is 2.81. The molecule has 0 unspecified atom stereocenters. The molecule has 108 valence electrons. The molecule has 2 rings (SSSR count). The fourth-order valence-corrected chi connectivity index (χ4v) is 3.16. The van der Waals surface area contributed by atoms with Crippen LogP contribution < -0.4 is 10.1 Å². The Morgan fingerprint density at radius 2 is 2.35 bits per heavy atom. The average molecular weight is 359 g/mol. The van der Waals surface area contributed by atoms with Gasteiger partial charge < -0.3 is 15.0 Å². The molecule has 1 saturated heterocycles. The number of halogens is 1. The van der Waals surface area contributed by atoms with Crippen LogP contribution in [0.4, 0.5) is 0 Å². The van der Waals surface area contributed by atoms with E-state index in [-0.39, 0.29) is 18.4 Å². The average Bonchev–Trinajstić information content (AvgIpc) is 2.82. The Balaban J connectivity index is 1.90. The number of benzene rings is 1. The van der Waals surface area contributed by atoms with Gasteiger partial charge in [-0.3, -0.25) is 9.59 Å². The van der Waals surface area contributed by atoms with Crippen molar-refractivity contribution in [1.29, 1.82) is 0 Å². The van der Waals surface area contributed by atoms with E-state index >= 15 is 0 Å². The van der Waals surface area contributed by atoms with Crippen molar-refractivity contribution in [2.45, 2.75) is 6.54 Å². The maximum atomic E-state index is 11.8. The Bertz CT molecular complexity index is 524. The first-order valence-electron chi connectivity index (χ1n) is 6.05. The van der Waals surface area contributed by atoms with Crippen LogP contribution in [0, 0.1) is 0 Å². The first-order valence-corrected chi connectivity index (χ1v) is 7.99. The van der Waals surface area contributed by atoms with E-state index in [0.29, 0.717) is 18.2 Å². The van der Waals surface area contributed by atoms with Crippen LogP contribution >= 0.6 is 27.7 Å². The highest BCUT2D eigenvalue weighted by Gasteiger charge is 2.22. The molecule has 2 amide bonds. The molecule has 1 aromatic carbocycles. The monoisotopic (exact) mass is 358 g/mol. The molecule has 1 aliphatic rings. The van der Waals surface area contributed by atoms with Gasteiger partial charge in [0.15, 0.2) is 0 Å². The minimum Gasteiger partial charge on any atom is -0.496 e. The maximum absolute atomic E-state index is 11.8. The van der Waals surface area contributed by atoms with Crippen LogP contribution in [0.15, 0.2) is 22.7 Å². The molecule has 0 aliphatic carbocycles. The van der Waals surface area contributed by atoms with E-state index in [9.17, 15) is 9.59 Å². The second-order valence-electron chi connectivity index (χ2n) is 4.30. The number of amides is 2. The van der Waals surface area contributed by atoms with E-state index in [0.717, 1.165) is 15.8 Å². The number of hydrogen-bond donors (Lipinski definition) is 1. The number of thioether (sulfide) groups is 1. The van der Waals surface area contributed by atoms with Crippen molar-refractivity contribution in [3.63, 3.8) is 0 Å². The van der Waals surface area contributed by atoms with Gasteiger partial charge >= 0.3 is 0 Å². The van der Waals surface area contributed by atoms with Gasteiger partial charge in [-0.25, -0.2) is 0 Å². The van der Waals surface area contributed by atoms with Crippen molar-refractivity contribution in [2.24, 2.45) is 0 Å². The molecule has 1 fully saturated rings. The number of carbonyl (C=O) groups is 2. The van der Waals surface area contributed by atoms with Crippen LogP contribution in [-0.4, -0.2) is 42.0 Å². The molecule has 7 heteroatoms. The third-order valence-electron chi connectivity index (χ3n) is 2.88. The lowest BCUT2D eigenvalue weighted by molar-refractivity contribution is -0.132. The smallest absolute Gasteiger partial charge is 0.239 e. The Labute approximate surface area is 130 Å². The van der Waals surface area contributed by atoms with Crippen molar-refractivity contribution in [2.75, 3.05) is 25.3 Å². The van der Waals surface area contributed by atoms with Crippen LogP contribution in [0.1, 0.15) is 5.56 Å². The van der Waals surface area contributed by atoms with E-state index in [2.05, 4.69) is 21.2 Å². The summed E-state index contributed by atoms with van der Waals surface area (Å²) >= 11 is 4.91. The standard InChI is InChI=1S/C13H15BrN2O3S/c1-19-11-3-2-10(14)4-9(11)5-15-12(17)6-16-8-20-7-13(16)18/h2-4H,5-8H2,1H3,(H,15,17). The second-order valence-corrected chi connectivity index (χ2v) is 6.17. The van der Waals surface area contributed by atoms with E-state index in [1.807, 2.05) is 18.2 Å². The van der Waals surface area contributed by atoms with E-state index in [1.165, 1.54) is 11.8 Å². The molecule has 1 heterocycles. The Kier molecular flexibility index (Phi) is 5.31. The summed E-state index contributed by atoms with van der Waals surface area (Å²) in [5.74, 6) is 1.63. The molecule has 0 aromatic heterocycles. The zero-order chi connectivity index (χ0) is 14.5. The molecule has 0 saturated carbocycles. The number of ether oxygens (including phenoxy) is 1. The Morgan fingerprint density at radius 3 is 3.00 bits per heavy atom. The lowest BCUT2D eigenvalue weighted by Gasteiger charge is -2.15. The van der Waals surface area contributed by atoms with Crippen LogP contribution in [0.3, 0.4) is 0 Å². The molecule has 5 nitrogen and oxygen atoms in total. The normalized spacial score (nSPS) is 14.5. The molecule has 1 aromatic rings. The van der Waals surface area contributed by atoms with Gasteiger partial charge in [0.1, 0.15) is 12.3 Å². The van der Waals surface area contributed by atoms with Gasteiger partial charge in [-0.15, -0.1) is 11.8 Å². The zero-order valence-corrected chi connectivity index (χ0v) is 13.4. The van der Waals surface area contributed by atoms with Gasteiger partial charge in [0, 0.05) is 16.6 Å². The summed E-state index contributed by atoms with van der Waals surface area (Å²) in [7, 11) is 1.59. The molecular formula is C13H15BrN2O3S. The van der Waals surface area contributed by atoms with Crippen LogP contribution in [0.2, 0.25) is 0 Å². The predicted octanol–water partition coefficient (Wildman–Crippen LogP) is 1.61. The SMILES string of the molecule is COc1ccc(Br)cc1CNC(=O)CN1CSCC1=O. The van der Waals surface area contributed by atoms with Crippen molar-refractivity contribution in [3.05, 3.63) is 28.2 Å². The number of rotatable bonds is 5. The van der Waals surface area contributed by atoms with Crippen molar-refractivity contribution >= 4 is 39.5 Å². The minimum atomic E-state index is -0.164. The fraction of sp³-hybridized carbons (Fsp3) is 0.385. The van der Waals surface area contributed by atoms with Gasteiger partial charge in [-0.2, -0.15) is 0 Å². The largest absolute Gasteiger partial charge is 0.496 e. The van der Waals surface area contributed by atoms with Crippen LogP contribution in [0.5, 0.6) is 5.75 Å². The fourth-order valence-electron chi connectivity index (χ4n) is 1.85. The van der Waals surface area contributed by atoms with Crippen molar-refractivity contribution < 1.29 is 14.3 Å². The second kappa shape index (κ2) is 6.99. The van der Waals surface area contributed by atoms with Crippen LogP contribution in [0.25, 0.3) is 0 Å². The molecule has 0 bridgehead atoms. The van der Waals surface area contributed by atoms with E-state index in [4.69, 9.17) is 4.74 Å². The van der Waals surface area contributed by atoms with Gasteiger partial charge in [-0.05, 0) is 18.2 Å². The predicted molar refractivity (Wildman–Crippen MR) is 81.6 cm³/mol. The van der Waals surface area contributed by atoms with Gasteiger partial charge in [0.25, 0.3) is 0 Å². The summed E-state index contributed by atoms with van der Waals surface area (Å²) in [6, 6.07) is 5.62. The third kappa shape index (κ3) is 3.89. The Hall–Kier alpha value is -1.21. The molecule has 1 N–H and O–H groups in total. The molecular weight excluding hydrogens is 344 g/mol. The van der Waals surface area contributed by atoms with Crippen molar-refractivity contribution in [1.82, 2.24) is 10.2 Å². The first-order chi connectivity index (χ1) is 9.60. The summed E-state index contributed by atoms with van der Waals surface area (Å²) in [4.78, 5) is 24.8. The zero-order valence-electron chi connectivity index (χ0n) is 11.0. The highest BCUT2D eigenvalue weighted by atomic mass is 79.9. The quantitative estimate of drug-likeness (QED) is 0.868. The van der Waals surface area contributed by atoms with Gasteiger partial charge in [0.05, 0.1) is 18.7 Å².